The van der Waals surface area contributed by atoms with Gasteiger partial charge >= 0.3 is 5.97 Å². The molecular formula is C14H19NO4. The van der Waals surface area contributed by atoms with Crippen LogP contribution in [0.5, 0.6) is 11.5 Å². The molecule has 0 saturated carbocycles. The van der Waals surface area contributed by atoms with Crippen LogP contribution >= 0.6 is 0 Å². The van der Waals surface area contributed by atoms with Crippen LogP contribution in [0.15, 0.2) is 18.2 Å². The highest BCUT2D eigenvalue weighted by Gasteiger charge is 2.23. The molecule has 1 N–H and O–H groups in total. The topological polar surface area (TPSA) is 56.8 Å². The zero-order valence-electron chi connectivity index (χ0n) is 11.3. The number of hydrogen-bond acceptors (Lipinski definition) is 5. The number of esters is 1. The van der Waals surface area contributed by atoms with Gasteiger partial charge in [-0.25, -0.2) is 4.79 Å². The number of nitrogens with one attached hydrogen (secondary N) is 1. The Hall–Kier alpha value is -1.75. The van der Waals surface area contributed by atoms with Gasteiger partial charge < -0.3 is 19.5 Å². The van der Waals surface area contributed by atoms with E-state index in [1.54, 1.807) is 6.92 Å². The summed E-state index contributed by atoms with van der Waals surface area (Å²) in [5.41, 5.74) is 0.824. The molecule has 2 rings (SSSR count). The van der Waals surface area contributed by atoms with Crippen molar-refractivity contribution in [3.63, 3.8) is 0 Å². The first kappa shape index (κ1) is 13.7. The maximum Gasteiger partial charge on any atom is 0.327 e. The van der Waals surface area contributed by atoms with Crippen LogP contribution in [0.25, 0.3) is 0 Å². The highest BCUT2D eigenvalue weighted by Crippen LogP contribution is 2.32. The Labute approximate surface area is 112 Å². The minimum Gasteiger partial charge on any atom is -0.486 e. The first-order valence-electron chi connectivity index (χ1n) is 6.55. The minimum absolute atomic E-state index is 0.277. The molecule has 5 heteroatoms. The molecule has 1 aromatic rings. The number of likely N-dealkylation sites (N-methyl/N-ethyl adjacent to an activating group) is 1. The number of carbonyl (C=O) groups is 1. The van der Waals surface area contributed by atoms with Gasteiger partial charge in [0.15, 0.2) is 11.5 Å². The molecule has 1 atom stereocenters. The number of ether oxygens (including phenoxy) is 3. The summed E-state index contributed by atoms with van der Waals surface area (Å²) in [5, 5.41) is 3.12. The van der Waals surface area contributed by atoms with Crippen LogP contribution < -0.4 is 14.8 Å². The van der Waals surface area contributed by atoms with Gasteiger partial charge in [0, 0.05) is 0 Å². The molecule has 0 amide bonds. The molecule has 0 radical (unpaired) electrons. The van der Waals surface area contributed by atoms with Crippen molar-refractivity contribution in [3.05, 3.63) is 23.8 Å². The van der Waals surface area contributed by atoms with E-state index in [0.29, 0.717) is 37.9 Å². The fourth-order valence-corrected chi connectivity index (χ4v) is 2.01. The summed E-state index contributed by atoms with van der Waals surface area (Å²) in [4.78, 5) is 11.9. The van der Waals surface area contributed by atoms with E-state index in [1.165, 1.54) is 0 Å². The molecule has 0 aromatic heterocycles. The van der Waals surface area contributed by atoms with E-state index in [0.717, 1.165) is 5.56 Å². The Morgan fingerprint density at radius 3 is 2.74 bits per heavy atom. The van der Waals surface area contributed by atoms with Crippen molar-refractivity contribution >= 4 is 5.97 Å². The number of hydrogen-bond donors (Lipinski definition) is 1. The Morgan fingerprint density at radius 2 is 2.05 bits per heavy atom. The summed E-state index contributed by atoms with van der Waals surface area (Å²) in [5.74, 6) is 1.12. The van der Waals surface area contributed by atoms with Crippen LogP contribution in [0, 0.1) is 0 Å². The number of benzene rings is 1. The van der Waals surface area contributed by atoms with E-state index in [4.69, 9.17) is 14.2 Å². The van der Waals surface area contributed by atoms with Crippen LogP contribution in [0.1, 0.15) is 25.5 Å². The number of carbonyl (C=O) groups excluding carboxylic acids is 1. The maximum absolute atomic E-state index is 11.9. The van der Waals surface area contributed by atoms with Crippen molar-refractivity contribution in [2.24, 2.45) is 0 Å². The van der Waals surface area contributed by atoms with Gasteiger partial charge in [0.2, 0.25) is 0 Å². The third kappa shape index (κ3) is 3.17. The van der Waals surface area contributed by atoms with Crippen LogP contribution in [0.2, 0.25) is 0 Å². The van der Waals surface area contributed by atoms with E-state index < -0.39 is 6.04 Å². The van der Waals surface area contributed by atoms with Crippen LogP contribution in [0.3, 0.4) is 0 Å². The standard InChI is InChI=1S/C14H19NO4/c1-3-15-13(14(16)17-4-2)10-5-6-11-12(9-10)19-8-7-18-11/h5-6,9,13,15H,3-4,7-8H2,1-2H3. The Morgan fingerprint density at radius 1 is 1.32 bits per heavy atom. The van der Waals surface area contributed by atoms with E-state index in [-0.39, 0.29) is 5.97 Å². The molecule has 19 heavy (non-hydrogen) atoms. The molecule has 1 aliphatic heterocycles. The quantitative estimate of drug-likeness (QED) is 0.821. The monoisotopic (exact) mass is 265 g/mol. The van der Waals surface area contributed by atoms with Crippen molar-refractivity contribution in [2.75, 3.05) is 26.4 Å². The smallest absolute Gasteiger partial charge is 0.327 e. The normalized spacial score (nSPS) is 14.8. The third-order valence-electron chi connectivity index (χ3n) is 2.83. The Balaban J connectivity index is 2.23. The van der Waals surface area contributed by atoms with Crippen molar-refractivity contribution in [1.29, 1.82) is 0 Å². The van der Waals surface area contributed by atoms with E-state index >= 15 is 0 Å². The summed E-state index contributed by atoms with van der Waals surface area (Å²) >= 11 is 0. The average molecular weight is 265 g/mol. The lowest BCUT2D eigenvalue weighted by Gasteiger charge is -2.21. The van der Waals surface area contributed by atoms with Gasteiger partial charge in [-0.05, 0) is 31.2 Å². The van der Waals surface area contributed by atoms with Crippen LogP contribution in [-0.4, -0.2) is 32.3 Å². The first-order valence-corrected chi connectivity index (χ1v) is 6.55. The maximum atomic E-state index is 11.9. The summed E-state index contributed by atoms with van der Waals surface area (Å²) in [6.45, 7) is 5.88. The lowest BCUT2D eigenvalue weighted by Crippen LogP contribution is -2.30. The van der Waals surface area contributed by atoms with Crippen molar-refractivity contribution in [3.8, 4) is 11.5 Å². The van der Waals surface area contributed by atoms with Gasteiger partial charge in [0.05, 0.1) is 6.61 Å². The molecule has 1 aromatic carbocycles. The number of rotatable bonds is 5. The van der Waals surface area contributed by atoms with Crippen LogP contribution in [0.4, 0.5) is 0 Å². The largest absolute Gasteiger partial charge is 0.486 e. The molecule has 104 valence electrons. The second kappa shape index (κ2) is 6.43. The molecule has 0 aliphatic carbocycles. The van der Waals surface area contributed by atoms with E-state index in [9.17, 15) is 4.79 Å². The van der Waals surface area contributed by atoms with Gasteiger partial charge in [0.25, 0.3) is 0 Å². The molecular weight excluding hydrogens is 246 g/mol. The average Bonchev–Trinajstić information content (AvgIpc) is 2.44. The fourth-order valence-electron chi connectivity index (χ4n) is 2.01. The molecule has 0 saturated heterocycles. The highest BCUT2D eigenvalue weighted by atomic mass is 16.6. The predicted molar refractivity (Wildman–Crippen MR) is 70.5 cm³/mol. The van der Waals surface area contributed by atoms with Gasteiger partial charge in [-0.1, -0.05) is 13.0 Å². The highest BCUT2D eigenvalue weighted by molar-refractivity contribution is 5.78. The van der Waals surface area contributed by atoms with Crippen molar-refractivity contribution in [2.45, 2.75) is 19.9 Å². The molecule has 5 nitrogen and oxygen atoms in total. The van der Waals surface area contributed by atoms with Gasteiger partial charge in [-0.2, -0.15) is 0 Å². The Kier molecular flexibility index (Phi) is 4.63. The van der Waals surface area contributed by atoms with Gasteiger partial charge in [-0.3, -0.25) is 0 Å². The summed E-state index contributed by atoms with van der Waals surface area (Å²) < 4.78 is 16.1. The van der Waals surface area contributed by atoms with Crippen molar-refractivity contribution in [1.82, 2.24) is 5.32 Å². The van der Waals surface area contributed by atoms with E-state index in [1.807, 2.05) is 25.1 Å². The molecule has 0 fully saturated rings. The van der Waals surface area contributed by atoms with Gasteiger partial charge in [0.1, 0.15) is 19.3 Å². The molecule has 0 bridgehead atoms. The van der Waals surface area contributed by atoms with Crippen LogP contribution in [-0.2, 0) is 9.53 Å². The third-order valence-corrected chi connectivity index (χ3v) is 2.83. The molecule has 1 heterocycles. The SMILES string of the molecule is CCNC(C(=O)OCC)c1ccc2c(c1)OCCO2. The van der Waals surface area contributed by atoms with Gasteiger partial charge in [-0.15, -0.1) is 0 Å². The number of fused-ring (bicyclic) bond motifs is 1. The van der Waals surface area contributed by atoms with E-state index in [2.05, 4.69) is 5.32 Å². The lowest BCUT2D eigenvalue weighted by molar-refractivity contribution is -0.145. The summed E-state index contributed by atoms with van der Waals surface area (Å²) in [6.07, 6.45) is 0. The minimum atomic E-state index is -0.472. The molecule has 0 spiro atoms. The summed E-state index contributed by atoms with van der Waals surface area (Å²) in [6, 6.07) is 5.05. The first-order chi connectivity index (χ1) is 9.26. The van der Waals surface area contributed by atoms with Crippen molar-refractivity contribution < 1.29 is 19.0 Å². The predicted octanol–water partition coefficient (Wildman–Crippen LogP) is 1.67. The lowest BCUT2D eigenvalue weighted by atomic mass is 10.1. The Bertz CT molecular complexity index is 447. The second-order valence-corrected chi connectivity index (χ2v) is 4.15. The summed E-state index contributed by atoms with van der Waals surface area (Å²) in [7, 11) is 0. The molecule has 1 aliphatic rings. The zero-order valence-corrected chi connectivity index (χ0v) is 11.3. The fraction of sp³-hybridized carbons (Fsp3) is 0.500. The second-order valence-electron chi connectivity index (χ2n) is 4.15. The molecule has 1 unspecified atom stereocenters. The zero-order chi connectivity index (χ0) is 13.7.